The first-order valence-electron chi connectivity index (χ1n) is 8.33. The Hall–Kier alpha value is -2.91. The molecule has 1 heterocycles. The van der Waals surface area contributed by atoms with Crippen molar-refractivity contribution in [2.24, 2.45) is 0 Å². The Balaban J connectivity index is 2.01. The molecule has 7 nitrogen and oxygen atoms in total. The third-order valence-corrected chi connectivity index (χ3v) is 5.38. The van der Waals surface area contributed by atoms with E-state index >= 15 is 0 Å². The third kappa shape index (κ3) is 4.87. The smallest absolute Gasteiger partial charge is 0.284 e. The van der Waals surface area contributed by atoms with Gasteiger partial charge >= 0.3 is 0 Å². The van der Waals surface area contributed by atoms with Gasteiger partial charge in [-0.25, -0.2) is 18.1 Å². The second-order valence-corrected chi connectivity index (χ2v) is 9.13. The Kier molecular flexibility index (Phi) is 5.66. The number of carbonyl (C=O) groups excluding carboxylic acids is 1. The van der Waals surface area contributed by atoms with E-state index in [-0.39, 0.29) is 11.4 Å². The summed E-state index contributed by atoms with van der Waals surface area (Å²) in [6.45, 7) is 2.17. The van der Waals surface area contributed by atoms with Crippen molar-refractivity contribution in [2.45, 2.75) is 13.5 Å². The van der Waals surface area contributed by atoms with E-state index in [2.05, 4.69) is 4.98 Å². The molecule has 0 saturated carbocycles. The van der Waals surface area contributed by atoms with Crippen LogP contribution in [0.2, 0.25) is 0 Å². The Morgan fingerprint density at radius 2 is 1.89 bits per heavy atom. The monoisotopic (exact) mass is 417 g/mol. The molecule has 3 aromatic rings. The van der Waals surface area contributed by atoms with Crippen LogP contribution in [0.25, 0.3) is 0 Å². The highest BCUT2D eigenvalue weighted by atomic mass is 32.2. The van der Waals surface area contributed by atoms with Crippen molar-refractivity contribution in [3.05, 3.63) is 70.7 Å². The van der Waals surface area contributed by atoms with Crippen LogP contribution in [0, 0.1) is 6.92 Å². The summed E-state index contributed by atoms with van der Waals surface area (Å²) in [5.41, 5.74) is 1.78. The number of hydrogen-bond acceptors (Lipinski definition) is 7. The molecule has 0 aliphatic heterocycles. The van der Waals surface area contributed by atoms with E-state index in [0.29, 0.717) is 22.2 Å². The number of nitrogens with zero attached hydrogens (tertiary/aromatic N) is 2. The summed E-state index contributed by atoms with van der Waals surface area (Å²) in [6, 6.07) is 16.4. The van der Waals surface area contributed by atoms with Gasteiger partial charge in [0.15, 0.2) is 5.13 Å². The Labute approximate surface area is 167 Å². The number of benzene rings is 2. The number of anilines is 2. The maximum Gasteiger partial charge on any atom is 0.284 e. The Morgan fingerprint density at radius 3 is 2.54 bits per heavy atom. The predicted octanol–water partition coefficient (Wildman–Crippen LogP) is 3.18. The number of hydrogen-bond donors (Lipinski definition) is 2. The van der Waals surface area contributed by atoms with Crippen LogP contribution in [-0.4, -0.2) is 30.7 Å². The second kappa shape index (κ2) is 7.99. The van der Waals surface area contributed by atoms with Crippen molar-refractivity contribution in [2.75, 3.05) is 11.2 Å². The number of thiazole rings is 1. The number of phenols is 1. The van der Waals surface area contributed by atoms with Crippen LogP contribution in [0.5, 0.6) is 5.75 Å². The van der Waals surface area contributed by atoms with Crippen LogP contribution in [0.3, 0.4) is 0 Å². The van der Waals surface area contributed by atoms with Gasteiger partial charge < -0.3 is 10.0 Å². The zero-order valence-corrected chi connectivity index (χ0v) is 16.9. The number of nitrogens with one attached hydrogen (secondary N) is 1. The molecule has 0 spiro atoms. The first kappa shape index (κ1) is 19.8. The normalized spacial score (nSPS) is 11.2. The third-order valence-electron chi connectivity index (χ3n) is 3.83. The van der Waals surface area contributed by atoms with E-state index in [9.17, 15) is 18.3 Å². The molecule has 0 unspecified atom stereocenters. The summed E-state index contributed by atoms with van der Waals surface area (Å²) in [6.07, 6.45) is 0.919. The van der Waals surface area contributed by atoms with Crippen LogP contribution < -0.4 is 9.62 Å². The molecule has 0 aliphatic carbocycles. The van der Waals surface area contributed by atoms with Gasteiger partial charge in [0.25, 0.3) is 5.91 Å². The highest BCUT2D eigenvalue weighted by molar-refractivity contribution is 7.89. The number of rotatable bonds is 6. The second-order valence-electron chi connectivity index (χ2n) is 6.20. The van der Waals surface area contributed by atoms with Crippen molar-refractivity contribution in [3.8, 4) is 5.75 Å². The molecular formula is C19H19N3O4S2. The van der Waals surface area contributed by atoms with Crippen LogP contribution in [0.4, 0.5) is 10.8 Å². The van der Waals surface area contributed by atoms with Gasteiger partial charge in [0.1, 0.15) is 11.4 Å². The maximum absolute atomic E-state index is 12.3. The highest BCUT2D eigenvalue weighted by Crippen LogP contribution is 2.34. The van der Waals surface area contributed by atoms with Crippen molar-refractivity contribution in [1.82, 2.24) is 9.71 Å². The van der Waals surface area contributed by atoms with Crippen LogP contribution >= 0.6 is 11.3 Å². The summed E-state index contributed by atoms with van der Waals surface area (Å²) >= 11 is 1.27. The molecule has 2 aromatic carbocycles. The molecular weight excluding hydrogens is 398 g/mol. The summed E-state index contributed by atoms with van der Waals surface area (Å²) in [4.78, 5) is 19.1. The van der Waals surface area contributed by atoms with Crippen LogP contribution in [0.15, 0.2) is 54.6 Å². The number of sulfonamides is 1. The SMILES string of the molecule is Cc1sc(N(Cc2ccccc2)c2cccc(O)c2)nc1C(=O)NS(C)(=O)=O. The lowest BCUT2D eigenvalue weighted by atomic mass is 10.2. The molecule has 1 aromatic heterocycles. The number of phenolic OH excluding ortho intramolecular Hbond substituents is 1. The summed E-state index contributed by atoms with van der Waals surface area (Å²) in [7, 11) is -3.69. The van der Waals surface area contributed by atoms with E-state index in [4.69, 9.17) is 0 Å². The minimum Gasteiger partial charge on any atom is -0.508 e. The zero-order chi connectivity index (χ0) is 20.3. The van der Waals surface area contributed by atoms with E-state index in [0.717, 1.165) is 11.8 Å². The van der Waals surface area contributed by atoms with E-state index < -0.39 is 15.9 Å². The Morgan fingerprint density at radius 1 is 1.18 bits per heavy atom. The minimum atomic E-state index is -3.69. The number of aromatic hydroxyl groups is 1. The van der Waals surface area contributed by atoms with Gasteiger partial charge in [-0.2, -0.15) is 0 Å². The van der Waals surface area contributed by atoms with E-state index in [1.54, 1.807) is 25.1 Å². The number of carbonyl (C=O) groups is 1. The van der Waals surface area contributed by atoms with Gasteiger partial charge in [-0.15, -0.1) is 11.3 Å². The lowest BCUT2D eigenvalue weighted by Gasteiger charge is -2.22. The summed E-state index contributed by atoms with van der Waals surface area (Å²) in [5, 5.41) is 10.4. The lowest BCUT2D eigenvalue weighted by Crippen LogP contribution is -2.30. The first-order valence-corrected chi connectivity index (χ1v) is 11.0. The molecule has 3 rings (SSSR count). The van der Waals surface area contributed by atoms with Gasteiger partial charge in [0, 0.05) is 16.6 Å². The molecule has 0 bridgehead atoms. The summed E-state index contributed by atoms with van der Waals surface area (Å²) in [5.74, 6) is -0.656. The van der Waals surface area contributed by atoms with Crippen molar-refractivity contribution in [3.63, 3.8) is 0 Å². The van der Waals surface area contributed by atoms with Crippen molar-refractivity contribution in [1.29, 1.82) is 0 Å². The number of aromatic nitrogens is 1. The molecule has 0 fully saturated rings. The first-order chi connectivity index (χ1) is 13.2. The molecule has 0 aliphatic rings. The molecule has 0 saturated heterocycles. The minimum absolute atomic E-state index is 0.0589. The molecule has 0 atom stereocenters. The number of amides is 1. The molecule has 0 radical (unpaired) electrons. The lowest BCUT2D eigenvalue weighted by molar-refractivity contribution is 0.0977. The fourth-order valence-electron chi connectivity index (χ4n) is 2.62. The molecule has 1 amide bonds. The average Bonchev–Trinajstić information content (AvgIpc) is 3.01. The van der Waals surface area contributed by atoms with Gasteiger partial charge in [-0.3, -0.25) is 4.79 Å². The quantitative estimate of drug-likeness (QED) is 0.639. The summed E-state index contributed by atoms with van der Waals surface area (Å²) < 4.78 is 24.7. The van der Waals surface area contributed by atoms with Gasteiger partial charge in [-0.1, -0.05) is 36.4 Å². The molecule has 9 heteroatoms. The predicted molar refractivity (Wildman–Crippen MR) is 110 cm³/mol. The van der Waals surface area contributed by atoms with Gasteiger partial charge in [0.2, 0.25) is 10.0 Å². The maximum atomic E-state index is 12.3. The van der Waals surface area contributed by atoms with E-state index in [1.165, 1.54) is 11.3 Å². The highest BCUT2D eigenvalue weighted by Gasteiger charge is 2.22. The van der Waals surface area contributed by atoms with Crippen molar-refractivity contribution < 1.29 is 18.3 Å². The van der Waals surface area contributed by atoms with Crippen molar-refractivity contribution >= 4 is 38.1 Å². The van der Waals surface area contributed by atoms with Gasteiger partial charge in [0.05, 0.1) is 12.8 Å². The molecule has 28 heavy (non-hydrogen) atoms. The fourth-order valence-corrected chi connectivity index (χ4v) is 3.98. The zero-order valence-electron chi connectivity index (χ0n) is 15.3. The standard InChI is InChI=1S/C19H19N3O4S2/c1-13-17(18(24)21-28(2,25)26)20-19(27-13)22(12-14-7-4-3-5-8-14)15-9-6-10-16(23)11-15/h3-11,23H,12H2,1-2H3,(H,21,24). The number of aryl methyl sites for hydroxylation is 1. The molecule has 146 valence electrons. The average molecular weight is 418 g/mol. The van der Waals surface area contributed by atoms with E-state index in [1.807, 2.05) is 46.0 Å². The Bertz CT molecular complexity index is 1100. The van der Waals surface area contributed by atoms with Gasteiger partial charge in [-0.05, 0) is 24.6 Å². The largest absolute Gasteiger partial charge is 0.508 e. The topological polar surface area (TPSA) is 99.6 Å². The van der Waals surface area contributed by atoms with Crippen LogP contribution in [0.1, 0.15) is 20.9 Å². The molecule has 2 N–H and O–H groups in total. The fraction of sp³-hybridized carbons (Fsp3) is 0.158. The van der Waals surface area contributed by atoms with Crippen LogP contribution in [-0.2, 0) is 16.6 Å².